The molecule has 0 aliphatic carbocycles. The van der Waals surface area contributed by atoms with Crippen LogP contribution in [0.1, 0.15) is 60.2 Å². The Hall–Kier alpha value is -7.83. The number of carboxylic acid groups (broad SMARTS) is 2. The van der Waals surface area contributed by atoms with Gasteiger partial charge in [0, 0.05) is 49.9 Å². The minimum atomic E-state index is -1.89. The molecule has 0 aromatic heterocycles. The number of aliphatic imine (C=N–C) groups is 2. The maximum absolute atomic E-state index is 13.7. The largest absolute Gasteiger partial charge is 0.491 e. The van der Waals surface area contributed by atoms with Crippen molar-refractivity contribution in [2.75, 3.05) is 85.8 Å². The Morgan fingerprint density at radius 3 is 1.54 bits per heavy atom. The number of carbonyl (C=O) groups is 7. The highest BCUT2D eigenvalue weighted by molar-refractivity contribution is 6.02. The summed E-state index contributed by atoms with van der Waals surface area (Å²) in [5, 5.41) is 67.7. The van der Waals surface area contributed by atoms with Crippen molar-refractivity contribution in [3.63, 3.8) is 0 Å². The van der Waals surface area contributed by atoms with E-state index in [4.69, 9.17) is 72.0 Å². The SMILES string of the molecule is C#CCOCCOCCOCCOCCOc1cc(C(=O)CCCNC(=O)O[C@@H]([C@@H]2OC(C(=O)O)=C[C@H](N=C(N)N)[C@H]2C)[C@H](O)CO)cc(C(=O)CCCNC(=O)O[C@@H]([C@@H]2OC(C(=O)O)=C[C@H](N=C(N)N)[C@H]2NC(C)=O)[C@H](O)CO)c1. The molecule has 0 unspecified atom stereocenters. The van der Waals surface area contributed by atoms with Crippen LogP contribution < -0.4 is 43.6 Å². The van der Waals surface area contributed by atoms with Crippen molar-refractivity contribution in [1.29, 1.82) is 0 Å². The number of hydrogen-bond acceptors (Lipinski definition) is 22. The minimum absolute atomic E-state index is 0.0142. The van der Waals surface area contributed by atoms with Crippen LogP contribution in [0.15, 0.2) is 51.9 Å². The summed E-state index contributed by atoms with van der Waals surface area (Å²) in [6.45, 7) is 2.39. The zero-order valence-corrected chi connectivity index (χ0v) is 44.7. The van der Waals surface area contributed by atoms with Gasteiger partial charge in [-0.1, -0.05) is 12.8 Å². The van der Waals surface area contributed by atoms with Crippen LogP contribution in [0.4, 0.5) is 9.59 Å². The monoisotopic (exact) mass is 1150 g/mol. The minimum Gasteiger partial charge on any atom is -0.491 e. The Morgan fingerprint density at radius 2 is 1.10 bits per heavy atom. The number of guanidine groups is 2. The molecule has 3 amide bonds. The lowest BCUT2D eigenvalue weighted by atomic mass is 9.87. The molecule has 450 valence electrons. The summed E-state index contributed by atoms with van der Waals surface area (Å²) in [7, 11) is 0. The van der Waals surface area contributed by atoms with E-state index in [1.807, 2.05) is 0 Å². The highest BCUT2D eigenvalue weighted by Crippen LogP contribution is 2.31. The number of aliphatic hydroxyl groups excluding tert-OH is 4. The van der Waals surface area contributed by atoms with E-state index >= 15 is 0 Å². The Morgan fingerprint density at radius 1 is 0.667 bits per heavy atom. The van der Waals surface area contributed by atoms with Crippen LogP contribution in [0.25, 0.3) is 0 Å². The molecule has 2 heterocycles. The van der Waals surface area contributed by atoms with Crippen LogP contribution in [0.2, 0.25) is 0 Å². The van der Waals surface area contributed by atoms with E-state index in [1.54, 1.807) is 6.92 Å². The predicted octanol–water partition coefficient (Wildman–Crippen LogP) is -3.25. The molecule has 3 rings (SSSR count). The molecule has 0 saturated carbocycles. The summed E-state index contributed by atoms with van der Waals surface area (Å²) in [5.74, 6) is -5.25. The number of nitrogens with zero attached hydrogens (tertiary/aromatic N) is 2. The van der Waals surface area contributed by atoms with Crippen LogP contribution >= 0.6 is 0 Å². The fourth-order valence-corrected chi connectivity index (χ4v) is 7.86. The second-order valence-electron chi connectivity index (χ2n) is 17.8. The first-order chi connectivity index (χ1) is 38.6. The maximum Gasteiger partial charge on any atom is 0.407 e. The average Bonchev–Trinajstić information content (AvgIpc) is 3.43. The molecule has 17 N–H and O–H groups in total. The molecule has 10 atom stereocenters. The number of Topliss-reactive ketones (excluding diaryl/α,β-unsaturated/α-hetero) is 2. The molecular weight excluding hydrogens is 1080 g/mol. The van der Waals surface area contributed by atoms with E-state index in [9.17, 15) is 64.2 Å². The fourth-order valence-electron chi connectivity index (χ4n) is 7.86. The number of carboxylic acids is 2. The van der Waals surface area contributed by atoms with Crippen molar-refractivity contribution in [1.82, 2.24) is 16.0 Å². The van der Waals surface area contributed by atoms with Crippen molar-refractivity contribution >= 4 is 53.5 Å². The third-order valence-electron chi connectivity index (χ3n) is 11.7. The molecule has 0 radical (unpaired) electrons. The van der Waals surface area contributed by atoms with E-state index in [0.717, 1.165) is 19.1 Å². The summed E-state index contributed by atoms with van der Waals surface area (Å²) in [5.41, 5.74) is 22.2. The maximum atomic E-state index is 13.7. The van der Waals surface area contributed by atoms with Gasteiger partial charge in [-0.05, 0) is 43.2 Å². The first-order valence-corrected chi connectivity index (χ1v) is 25.3. The first-order valence-electron chi connectivity index (χ1n) is 25.3. The van der Waals surface area contributed by atoms with E-state index in [1.165, 1.54) is 18.2 Å². The number of terminal acetylenes is 1. The summed E-state index contributed by atoms with van der Waals surface area (Å²) < 4.78 is 49.3. The van der Waals surface area contributed by atoms with Crippen LogP contribution in [0.5, 0.6) is 5.75 Å². The van der Waals surface area contributed by atoms with Crippen molar-refractivity contribution < 1.29 is 107 Å². The number of carbonyl (C=O) groups excluding carboxylic acids is 5. The molecule has 81 heavy (non-hydrogen) atoms. The summed E-state index contributed by atoms with van der Waals surface area (Å²) in [6.07, 6.45) is -5.60. The van der Waals surface area contributed by atoms with E-state index < -0.39 is 133 Å². The van der Waals surface area contributed by atoms with Gasteiger partial charge in [0.2, 0.25) is 17.4 Å². The lowest BCUT2D eigenvalue weighted by Crippen LogP contribution is -2.61. The molecule has 2 aliphatic heterocycles. The van der Waals surface area contributed by atoms with E-state index in [2.05, 4.69) is 31.9 Å². The van der Waals surface area contributed by atoms with Gasteiger partial charge in [0.25, 0.3) is 0 Å². The summed E-state index contributed by atoms with van der Waals surface area (Å²) >= 11 is 0. The number of ether oxygens (including phenoxy) is 9. The third-order valence-corrected chi connectivity index (χ3v) is 11.7. The van der Waals surface area contributed by atoms with Gasteiger partial charge in [-0.2, -0.15) is 0 Å². The van der Waals surface area contributed by atoms with Gasteiger partial charge in [0.05, 0.1) is 77.6 Å². The molecule has 0 fully saturated rings. The summed E-state index contributed by atoms with van der Waals surface area (Å²) in [6, 6.07) is 0.539. The zero-order valence-electron chi connectivity index (χ0n) is 44.7. The standard InChI is InChI=1S/C50H73N9O22/c1-4-11-73-12-13-74-14-15-75-16-17-76-18-19-77-31-21-29(34(63)7-5-9-55-49(71)80-42(36(65)25-60)41-27(2)32(58-47(51)52)23-38(78-41)45(67)68)20-30(22-31)35(64)8-6-10-56-50(72)81-43(37(66)26-61)44-40(57-28(3)62)33(59-48(53)54)24-39(79-44)46(69)70/h1,20-24,27,32-33,36-37,40-44,60-61,65-66H,5-19,25-26H2,2-3H3,(H,55,71)(H,56,72)(H,57,62)(H,67,68)(H,69,70)(H4,51,52,58)(H4,53,54,59)/t27-,32+,33+,36-,37-,40-,41-,42-,43-,44-/m1/s1. The third kappa shape index (κ3) is 23.8. The molecular formula is C50H73N9O22. The Balaban J connectivity index is 1.69. The van der Waals surface area contributed by atoms with Crippen LogP contribution in [0, 0.1) is 18.3 Å². The number of benzene rings is 1. The molecule has 2 aliphatic rings. The van der Waals surface area contributed by atoms with E-state index in [-0.39, 0.29) is 94.6 Å². The van der Waals surface area contributed by atoms with Crippen LogP contribution in [-0.4, -0.2) is 225 Å². The number of aliphatic carboxylic acids is 2. The number of amides is 3. The highest BCUT2D eigenvalue weighted by Gasteiger charge is 2.47. The Bertz CT molecular complexity index is 2430. The van der Waals surface area contributed by atoms with Gasteiger partial charge in [-0.15, -0.1) is 6.42 Å². The molecule has 0 saturated heterocycles. The second-order valence-corrected chi connectivity index (χ2v) is 17.8. The van der Waals surface area contributed by atoms with Crippen molar-refractivity contribution in [3.8, 4) is 18.1 Å². The topological polar surface area (TPSA) is 489 Å². The number of aliphatic hydroxyl groups is 4. The lowest BCUT2D eigenvalue weighted by molar-refractivity contribution is -0.147. The average molecular weight is 1150 g/mol. The molecule has 1 aromatic carbocycles. The number of nitrogens with two attached hydrogens (primary N) is 4. The lowest BCUT2D eigenvalue weighted by Gasteiger charge is -2.39. The number of nitrogens with one attached hydrogen (secondary N) is 3. The van der Waals surface area contributed by atoms with Gasteiger partial charge >= 0.3 is 24.1 Å². The van der Waals surface area contributed by atoms with Crippen LogP contribution in [0.3, 0.4) is 0 Å². The number of hydrogen-bond donors (Lipinski definition) is 13. The van der Waals surface area contributed by atoms with Gasteiger partial charge in [0.15, 0.2) is 41.8 Å². The van der Waals surface area contributed by atoms with Gasteiger partial charge in [0.1, 0.15) is 37.3 Å². The molecule has 1 aromatic rings. The molecule has 31 nitrogen and oxygen atoms in total. The van der Waals surface area contributed by atoms with Gasteiger partial charge in [-0.3, -0.25) is 14.4 Å². The Labute approximate surface area is 465 Å². The highest BCUT2D eigenvalue weighted by atomic mass is 16.6. The second kappa shape index (κ2) is 35.7. The van der Waals surface area contributed by atoms with Gasteiger partial charge < -0.3 is 112 Å². The van der Waals surface area contributed by atoms with E-state index in [0.29, 0.717) is 26.4 Å². The first kappa shape index (κ1) is 67.4. The van der Waals surface area contributed by atoms with Crippen LogP contribution in [-0.2, 0) is 52.3 Å². The molecule has 31 heteroatoms. The van der Waals surface area contributed by atoms with Gasteiger partial charge in [-0.25, -0.2) is 29.2 Å². The number of ketones is 2. The number of alkyl carbamates (subject to hydrolysis) is 2. The fraction of sp³-hybridized carbons (Fsp3) is 0.580. The Kier molecular flexibility index (Phi) is 29.7. The molecule has 0 bridgehead atoms. The van der Waals surface area contributed by atoms with Crippen molar-refractivity contribution in [2.24, 2.45) is 38.8 Å². The zero-order chi connectivity index (χ0) is 60.0. The molecule has 0 spiro atoms. The smallest absolute Gasteiger partial charge is 0.407 e. The quantitative estimate of drug-likeness (QED) is 0.0102. The normalized spacial score (nSPS) is 19.8. The number of rotatable bonds is 37. The predicted molar refractivity (Wildman–Crippen MR) is 281 cm³/mol. The van der Waals surface area contributed by atoms with Crippen molar-refractivity contribution in [2.45, 2.75) is 94.3 Å². The summed E-state index contributed by atoms with van der Waals surface area (Å²) in [4.78, 5) is 97.4. The van der Waals surface area contributed by atoms with Crippen molar-refractivity contribution in [3.05, 3.63) is 53.0 Å².